The monoisotopic (exact) mass is 534 g/mol. The van der Waals surface area contributed by atoms with Crippen LogP contribution >= 0.6 is 46.4 Å². The van der Waals surface area contributed by atoms with Crippen molar-refractivity contribution in [2.45, 2.75) is 6.61 Å². The fourth-order valence-electron chi connectivity index (χ4n) is 3.22. The summed E-state index contributed by atoms with van der Waals surface area (Å²) in [6.07, 6.45) is 1.30. The number of halogens is 4. The Bertz CT molecular complexity index is 1360. The number of carbonyl (C=O) groups is 3. The summed E-state index contributed by atoms with van der Waals surface area (Å²) in [7, 11) is 0. The van der Waals surface area contributed by atoms with Gasteiger partial charge in [0.15, 0.2) is 0 Å². The van der Waals surface area contributed by atoms with Gasteiger partial charge in [-0.3, -0.25) is 14.9 Å². The Morgan fingerprint density at radius 1 is 0.853 bits per heavy atom. The van der Waals surface area contributed by atoms with E-state index >= 15 is 0 Å². The van der Waals surface area contributed by atoms with Gasteiger partial charge < -0.3 is 4.74 Å². The van der Waals surface area contributed by atoms with Gasteiger partial charge in [-0.1, -0.05) is 64.6 Å². The number of barbiturate groups is 1. The van der Waals surface area contributed by atoms with Crippen molar-refractivity contribution in [2.24, 2.45) is 0 Å². The lowest BCUT2D eigenvalue weighted by Crippen LogP contribution is -2.54. The summed E-state index contributed by atoms with van der Waals surface area (Å²) in [6, 6.07) is 15.1. The number of nitrogens with zero attached hydrogens (tertiary/aromatic N) is 1. The third-order valence-electron chi connectivity index (χ3n) is 4.86. The number of para-hydroxylation sites is 1. The van der Waals surface area contributed by atoms with Crippen LogP contribution < -0.4 is 15.0 Å². The molecule has 1 aliphatic heterocycles. The van der Waals surface area contributed by atoms with E-state index in [-0.39, 0.29) is 22.9 Å². The molecule has 1 N–H and O–H groups in total. The van der Waals surface area contributed by atoms with E-state index in [9.17, 15) is 14.4 Å². The molecule has 0 unspecified atom stereocenters. The third-order valence-corrected chi connectivity index (χ3v) is 6.01. The van der Waals surface area contributed by atoms with Gasteiger partial charge in [0.2, 0.25) is 0 Å². The molecule has 0 aromatic heterocycles. The topological polar surface area (TPSA) is 75.7 Å². The van der Waals surface area contributed by atoms with E-state index < -0.39 is 17.8 Å². The normalized spacial score (nSPS) is 15.0. The minimum Gasteiger partial charge on any atom is -0.488 e. The van der Waals surface area contributed by atoms with E-state index in [4.69, 9.17) is 51.1 Å². The maximum absolute atomic E-state index is 13.2. The molecule has 0 saturated carbocycles. The maximum Gasteiger partial charge on any atom is 0.335 e. The first-order valence-corrected chi connectivity index (χ1v) is 11.3. The number of nitrogens with one attached hydrogen (secondary N) is 1. The lowest BCUT2D eigenvalue weighted by molar-refractivity contribution is -0.122. The van der Waals surface area contributed by atoms with Gasteiger partial charge >= 0.3 is 6.03 Å². The van der Waals surface area contributed by atoms with Crippen LogP contribution in [-0.4, -0.2) is 17.8 Å². The van der Waals surface area contributed by atoms with Crippen LogP contribution in [0.3, 0.4) is 0 Å². The van der Waals surface area contributed by atoms with Crippen LogP contribution in [-0.2, 0) is 16.2 Å². The predicted octanol–water partition coefficient (Wildman–Crippen LogP) is 6.55. The molecule has 10 heteroatoms. The highest BCUT2D eigenvalue weighted by Gasteiger charge is 2.37. The molecule has 34 heavy (non-hydrogen) atoms. The molecule has 1 aliphatic rings. The van der Waals surface area contributed by atoms with E-state index in [1.165, 1.54) is 24.3 Å². The highest BCUT2D eigenvalue weighted by atomic mass is 35.5. The number of amides is 4. The second kappa shape index (κ2) is 10.1. The van der Waals surface area contributed by atoms with Gasteiger partial charge in [-0.2, -0.15) is 0 Å². The summed E-state index contributed by atoms with van der Waals surface area (Å²) in [5, 5.41) is 3.60. The number of anilines is 1. The van der Waals surface area contributed by atoms with Crippen molar-refractivity contribution in [3.63, 3.8) is 0 Å². The average molecular weight is 536 g/mol. The Balaban J connectivity index is 1.69. The van der Waals surface area contributed by atoms with Crippen molar-refractivity contribution in [1.29, 1.82) is 0 Å². The Kier molecular flexibility index (Phi) is 7.14. The molecule has 0 spiro atoms. The number of urea groups is 1. The summed E-state index contributed by atoms with van der Waals surface area (Å²) < 4.78 is 5.89. The number of carbonyl (C=O) groups excluding carboxylic acids is 3. The SMILES string of the molecule is O=C1NC(=O)N(c2ccccc2Cl)C(=O)/C1=C/c1cc(Cl)ccc1OCc1ccc(Cl)cc1Cl. The lowest BCUT2D eigenvalue weighted by atomic mass is 10.1. The molecule has 0 bridgehead atoms. The molecule has 4 rings (SSSR count). The second-order valence-electron chi connectivity index (χ2n) is 7.12. The van der Waals surface area contributed by atoms with Gasteiger partial charge in [-0.25, -0.2) is 9.69 Å². The molecule has 1 saturated heterocycles. The summed E-state index contributed by atoms with van der Waals surface area (Å²) in [5.74, 6) is -1.36. The number of hydrogen-bond acceptors (Lipinski definition) is 4. The molecular weight excluding hydrogens is 522 g/mol. The number of hydrogen-bond donors (Lipinski definition) is 1. The highest BCUT2D eigenvalue weighted by Crippen LogP contribution is 2.31. The summed E-state index contributed by atoms with van der Waals surface area (Å²) in [6.45, 7) is 0.0954. The number of rotatable bonds is 5. The fourth-order valence-corrected chi connectivity index (χ4v) is 4.09. The quantitative estimate of drug-likeness (QED) is 0.297. The van der Waals surface area contributed by atoms with Gasteiger partial charge in [-0.05, 0) is 48.5 Å². The minimum atomic E-state index is -0.903. The Labute approximate surface area is 214 Å². The first-order chi connectivity index (χ1) is 16.2. The first kappa shape index (κ1) is 24.1. The molecular formula is C24H14Cl4N2O4. The van der Waals surface area contributed by atoms with Crippen molar-refractivity contribution in [1.82, 2.24) is 5.32 Å². The fraction of sp³-hybridized carbons (Fsp3) is 0.0417. The molecule has 6 nitrogen and oxygen atoms in total. The van der Waals surface area contributed by atoms with Gasteiger partial charge in [0.05, 0.1) is 10.7 Å². The van der Waals surface area contributed by atoms with E-state index in [1.807, 2.05) is 0 Å². The van der Waals surface area contributed by atoms with Gasteiger partial charge in [-0.15, -0.1) is 0 Å². The van der Waals surface area contributed by atoms with E-state index in [0.717, 1.165) is 4.90 Å². The summed E-state index contributed by atoms with van der Waals surface area (Å²) in [5.41, 5.74) is 0.882. The molecule has 4 amide bonds. The van der Waals surface area contributed by atoms with Crippen molar-refractivity contribution in [2.75, 3.05) is 4.90 Å². The largest absolute Gasteiger partial charge is 0.488 e. The van der Waals surface area contributed by atoms with E-state index in [0.29, 0.717) is 31.9 Å². The number of ether oxygens (including phenoxy) is 1. The molecule has 0 radical (unpaired) electrons. The van der Waals surface area contributed by atoms with Crippen LogP contribution in [0.25, 0.3) is 6.08 Å². The number of benzene rings is 3. The van der Waals surface area contributed by atoms with Crippen LogP contribution in [0, 0.1) is 0 Å². The van der Waals surface area contributed by atoms with Crippen molar-refractivity contribution in [3.05, 3.63) is 97.5 Å². The number of imide groups is 2. The Hall–Kier alpha value is -3.03. The zero-order valence-corrected chi connectivity index (χ0v) is 20.2. The molecule has 3 aromatic carbocycles. The van der Waals surface area contributed by atoms with Crippen molar-refractivity contribution in [3.8, 4) is 5.75 Å². The minimum absolute atomic E-state index is 0.0954. The van der Waals surface area contributed by atoms with E-state index in [2.05, 4.69) is 5.32 Å². The van der Waals surface area contributed by atoms with Crippen LogP contribution in [0.1, 0.15) is 11.1 Å². The zero-order valence-electron chi connectivity index (χ0n) is 17.2. The Morgan fingerprint density at radius 2 is 1.56 bits per heavy atom. The zero-order chi connectivity index (χ0) is 24.4. The second-order valence-corrected chi connectivity index (χ2v) is 8.80. The summed E-state index contributed by atoms with van der Waals surface area (Å²) in [4.78, 5) is 38.9. The smallest absolute Gasteiger partial charge is 0.335 e. The van der Waals surface area contributed by atoms with Gasteiger partial charge in [0, 0.05) is 26.2 Å². The van der Waals surface area contributed by atoms with Gasteiger partial charge in [0.25, 0.3) is 11.8 Å². The van der Waals surface area contributed by atoms with Crippen molar-refractivity contribution >= 4 is 76.0 Å². The third kappa shape index (κ3) is 5.05. The van der Waals surface area contributed by atoms with Crippen LogP contribution in [0.15, 0.2) is 66.2 Å². The molecule has 1 heterocycles. The summed E-state index contributed by atoms with van der Waals surface area (Å²) >= 11 is 24.5. The Morgan fingerprint density at radius 3 is 2.29 bits per heavy atom. The molecule has 0 aliphatic carbocycles. The predicted molar refractivity (Wildman–Crippen MR) is 133 cm³/mol. The average Bonchev–Trinajstić information content (AvgIpc) is 2.78. The maximum atomic E-state index is 13.2. The molecule has 0 atom stereocenters. The standard InChI is InChI=1S/C24H14Cl4N2O4/c25-15-7-8-21(34-12-13-5-6-16(26)11-19(13)28)14(9-15)10-17-22(31)29-24(33)30(23(17)32)20-4-2-1-3-18(20)27/h1-11H,12H2,(H,29,31,33)/b17-10+. The highest BCUT2D eigenvalue weighted by molar-refractivity contribution is 6.42. The van der Waals surface area contributed by atoms with Crippen LogP contribution in [0.2, 0.25) is 20.1 Å². The van der Waals surface area contributed by atoms with Gasteiger partial charge in [0.1, 0.15) is 17.9 Å². The lowest BCUT2D eigenvalue weighted by Gasteiger charge is -2.27. The molecule has 3 aromatic rings. The first-order valence-electron chi connectivity index (χ1n) is 9.77. The molecule has 172 valence electrons. The van der Waals surface area contributed by atoms with E-state index in [1.54, 1.807) is 42.5 Å². The van der Waals surface area contributed by atoms with Crippen molar-refractivity contribution < 1.29 is 19.1 Å². The van der Waals surface area contributed by atoms with Crippen LogP contribution in [0.4, 0.5) is 10.5 Å². The molecule has 1 fully saturated rings. The van der Waals surface area contributed by atoms with Crippen LogP contribution in [0.5, 0.6) is 5.75 Å².